The van der Waals surface area contributed by atoms with Gasteiger partial charge in [-0.3, -0.25) is 14.7 Å². The highest BCUT2D eigenvalue weighted by molar-refractivity contribution is 7.23. The number of nitrogens with zero attached hydrogens (tertiary/aromatic N) is 6. The molecule has 0 radical (unpaired) electrons. The lowest BCUT2D eigenvalue weighted by atomic mass is 9.80. The number of primary amides is 1. The van der Waals surface area contributed by atoms with E-state index >= 15 is 0 Å². The topological polar surface area (TPSA) is 159 Å². The van der Waals surface area contributed by atoms with Crippen LogP contribution in [0.1, 0.15) is 46.4 Å². The summed E-state index contributed by atoms with van der Waals surface area (Å²) in [4.78, 5) is 45.5. The van der Waals surface area contributed by atoms with Gasteiger partial charge in [0.25, 0.3) is 0 Å². The zero-order valence-corrected chi connectivity index (χ0v) is 24.3. The van der Waals surface area contributed by atoms with Crippen LogP contribution in [0.5, 0.6) is 0 Å². The first-order valence-electron chi connectivity index (χ1n) is 13.4. The van der Waals surface area contributed by atoms with Crippen LogP contribution in [0.25, 0.3) is 32.6 Å². The second kappa shape index (κ2) is 10.7. The summed E-state index contributed by atoms with van der Waals surface area (Å²) in [6.45, 7) is 8.57. The number of hydrogen-bond donors (Lipinski definition) is 3. The van der Waals surface area contributed by atoms with Crippen LogP contribution in [-0.2, 0) is 10.4 Å². The number of carboxylic acids is 1. The van der Waals surface area contributed by atoms with Gasteiger partial charge in [0.15, 0.2) is 11.0 Å². The highest BCUT2D eigenvalue weighted by Crippen LogP contribution is 2.40. The summed E-state index contributed by atoms with van der Waals surface area (Å²) in [6.07, 6.45) is 6.27. The number of piperidine rings is 1. The quantitative estimate of drug-likeness (QED) is 0.285. The van der Waals surface area contributed by atoms with E-state index in [4.69, 9.17) is 15.7 Å². The van der Waals surface area contributed by atoms with Crippen molar-refractivity contribution in [1.29, 1.82) is 0 Å². The number of rotatable bonds is 7. The third-order valence-corrected chi connectivity index (χ3v) is 8.72. The predicted molar refractivity (Wildman–Crippen MR) is 159 cm³/mol. The van der Waals surface area contributed by atoms with E-state index < -0.39 is 23.0 Å². The van der Waals surface area contributed by atoms with E-state index in [1.54, 1.807) is 33.2 Å². The van der Waals surface area contributed by atoms with Crippen LogP contribution < -0.4 is 15.5 Å². The van der Waals surface area contributed by atoms with Crippen molar-refractivity contribution in [2.75, 3.05) is 29.4 Å². The summed E-state index contributed by atoms with van der Waals surface area (Å²) in [6, 6.07) is 7.27. The molecule has 0 saturated carbocycles. The molecule has 4 heterocycles. The first kappa shape index (κ1) is 28.4. The number of amides is 2. The molecule has 0 atom stereocenters. The summed E-state index contributed by atoms with van der Waals surface area (Å²) >= 11 is 1.37. The fourth-order valence-electron chi connectivity index (χ4n) is 4.88. The van der Waals surface area contributed by atoms with E-state index in [0.717, 1.165) is 32.8 Å². The fourth-order valence-corrected chi connectivity index (χ4v) is 6.01. The molecule has 1 aliphatic heterocycles. The summed E-state index contributed by atoms with van der Waals surface area (Å²) in [5.74, 6) is -0.436. The van der Waals surface area contributed by atoms with Gasteiger partial charge in [0.2, 0.25) is 0 Å². The van der Waals surface area contributed by atoms with E-state index in [-0.39, 0.29) is 0 Å². The van der Waals surface area contributed by atoms with Crippen molar-refractivity contribution in [3.63, 3.8) is 0 Å². The van der Waals surface area contributed by atoms with Crippen LogP contribution in [0.15, 0.2) is 42.9 Å². The third kappa shape index (κ3) is 5.57. The molecular formula is C29H33N7O4S. The molecule has 4 aromatic rings. The van der Waals surface area contributed by atoms with Crippen LogP contribution in [0.3, 0.4) is 0 Å². The molecule has 3 aromatic heterocycles. The van der Waals surface area contributed by atoms with Gasteiger partial charge in [0.05, 0.1) is 33.2 Å². The average molecular weight is 576 g/mol. The van der Waals surface area contributed by atoms with Gasteiger partial charge in [-0.15, -0.1) is 0 Å². The number of carbonyl (C=O) groups is 2. The Kier molecular flexibility index (Phi) is 7.39. The van der Waals surface area contributed by atoms with Gasteiger partial charge < -0.3 is 20.8 Å². The van der Waals surface area contributed by atoms with Crippen LogP contribution in [0.4, 0.5) is 15.6 Å². The van der Waals surface area contributed by atoms with Gasteiger partial charge in [0, 0.05) is 43.2 Å². The molecule has 0 unspecified atom stereocenters. The van der Waals surface area contributed by atoms with Crippen molar-refractivity contribution >= 4 is 44.4 Å². The number of anilines is 2. The largest absolute Gasteiger partial charge is 0.481 e. The molecule has 1 aliphatic rings. The van der Waals surface area contributed by atoms with E-state index in [2.05, 4.69) is 14.9 Å². The minimum absolute atomic E-state index is 0.317. The van der Waals surface area contributed by atoms with Gasteiger partial charge in [0.1, 0.15) is 5.60 Å². The zero-order chi connectivity index (χ0) is 29.5. The molecule has 11 nitrogen and oxygen atoms in total. The lowest BCUT2D eigenvalue weighted by Gasteiger charge is -2.37. The first-order valence-corrected chi connectivity index (χ1v) is 14.2. The second-order valence-electron chi connectivity index (χ2n) is 11.1. The van der Waals surface area contributed by atoms with Crippen molar-refractivity contribution in [3.05, 3.63) is 48.7 Å². The monoisotopic (exact) mass is 575 g/mol. The molecule has 214 valence electrons. The number of carboxylic acid groups (broad SMARTS) is 1. The molecule has 2 amide bonds. The molecule has 5 rings (SSSR count). The maximum absolute atomic E-state index is 12.1. The fraction of sp³-hybridized carbons (Fsp3) is 0.379. The standard InChI is InChI=1S/C29H33N7O4S/c1-5-36(26(30)39)27-34-22-13-17(18-14-32-24(33-15-18)28(2,3)40)12-20(23(22)41-27)21-7-6-19(16-31-21)35-10-8-29(4,9-11-35)25(37)38/h6-7,12-16,40H,5,8-11H2,1-4H3,(H2,30,39)(H,37,38). The van der Waals surface area contributed by atoms with Crippen molar-refractivity contribution in [1.82, 2.24) is 19.9 Å². The molecule has 0 bridgehead atoms. The number of aromatic nitrogens is 4. The lowest BCUT2D eigenvalue weighted by Crippen LogP contribution is -2.42. The maximum Gasteiger partial charge on any atom is 0.321 e. The number of aliphatic hydroxyl groups is 1. The van der Waals surface area contributed by atoms with Crippen molar-refractivity contribution < 1.29 is 19.8 Å². The van der Waals surface area contributed by atoms with Gasteiger partial charge in [-0.1, -0.05) is 11.3 Å². The number of fused-ring (bicyclic) bond motifs is 1. The number of hydrogen-bond acceptors (Lipinski definition) is 9. The van der Waals surface area contributed by atoms with Gasteiger partial charge in [-0.2, -0.15) is 0 Å². The Labute approximate surface area is 241 Å². The molecule has 1 aromatic carbocycles. The van der Waals surface area contributed by atoms with Crippen LogP contribution in [0, 0.1) is 5.41 Å². The Morgan fingerprint density at radius 1 is 1.10 bits per heavy atom. The Balaban J connectivity index is 1.54. The smallest absolute Gasteiger partial charge is 0.321 e. The van der Waals surface area contributed by atoms with Crippen molar-refractivity contribution in [3.8, 4) is 22.4 Å². The SMILES string of the molecule is CCN(C(N)=O)c1nc2cc(-c3cnc(C(C)(C)O)nc3)cc(-c3ccc(N4CCC(C)(C(=O)O)CC4)cn3)c2s1. The second-order valence-corrected chi connectivity index (χ2v) is 12.0. The molecule has 1 fully saturated rings. The number of nitrogens with two attached hydrogens (primary N) is 1. The van der Waals surface area contributed by atoms with E-state index in [1.807, 2.05) is 37.4 Å². The lowest BCUT2D eigenvalue weighted by molar-refractivity contribution is -0.149. The molecule has 41 heavy (non-hydrogen) atoms. The van der Waals surface area contributed by atoms with Crippen molar-refractivity contribution in [2.24, 2.45) is 11.1 Å². The normalized spacial score (nSPS) is 15.2. The van der Waals surface area contributed by atoms with E-state index in [9.17, 15) is 19.8 Å². The van der Waals surface area contributed by atoms with Crippen LogP contribution in [-0.4, -0.2) is 61.8 Å². The Morgan fingerprint density at radius 3 is 2.32 bits per heavy atom. The maximum atomic E-state index is 12.1. The number of pyridine rings is 1. The highest BCUT2D eigenvalue weighted by atomic mass is 32.1. The average Bonchev–Trinajstić information content (AvgIpc) is 3.36. The van der Waals surface area contributed by atoms with Gasteiger partial charge in [-0.05, 0) is 70.4 Å². The molecule has 0 spiro atoms. The molecule has 12 heteroatoms. The molecular weight excluding hydrogens is 542 g/mol. The predicted octanol–water partition coefficient (Wildman–Crippen LogP) is 4.64. The number of aliphatic carboxylic acids is 1. The number of carbonyl (C=O) groups excluding carboxylic acids is 1. The Bertz CT molecular complexity index is 1590. The first-order chi connectivity index (χ1) is 19.4. The van der Waals surface area contributed by atoms with Crippen molar-refractivity contribution in [2.45, 2.75) is 46.1 Å². The molecule has 0 aliphatic carbocycles. The summed E-state index contributed by atoms with van der Waals surface area (Å²) < 4.78 is 0.855. The van der Waals surface area contributed by atoms with E-state index in [0.29, 0.717) is 48.9 Å². The van der Waals surface area contributed by atoms with Crippen LogP contribution in [0.2, 0.25) is 0 Å². The summed E-state index contributed by atoms with van der Waals surface area (Å²) in [5, 5.41) is 20.3. The van der Waals surface area contributed by atoms with Gasteiger partial charge in [-0.25, -0.2) is 19.7 Å². The number of benzene rings is 1. The Morgan fingerprint density at radius 2 is 1.78 bits per heavy atom. The summed E-state index contributed by atoms with van der Waals surface area (Å²) in [5.41, 5.74) is 8.45. The Hall–Kier alpha value is -4.16. The zero-order valence-electron chi connectivity index (χ0n) is 23.5. The van der Waals surface area contributed by atoms with Gasteiger partial charge >= 0.3 is 12.0 Å². The number of urea groups is 1. The van der Waals surface area contributed by atoms with Crippen LogP contribution >= 0.6 is 11.3 Å². The summed E-state index contributed by atoms with van der Waals surface area (Å²) in [7, 11) is 0. The minimum atomic E-state index is -1.16. The highest BCUT2D eigenvalue weighted by Gasteiger charge is 2.37. The molecule has 1 saturated heterocycles. The number of thiazole rings is 1. The molecule has 4 N–H and O–H groups in total. The third-order valence-electron chi connectivity index (χ3n) is 7.60. The minimum Gasteiger partial charge on any atom is -0.481 e. The van der Waals surface area contributed by atoms with E-state index in [1.165, 1.54) is 16.2 Å².